The standard InChI is InChI=1S/C46H45N3Si2/c1-46(2)39-21-12-9-18-35(39)38-28-32-25-24-31(27-34(32)29-40(38)46)30-16-15-17-33(26-30)43-47-44(36-19-10-13-22-41(36)50(3,4)5)49-45(48-43)37-20-11-14-23-42(37)51(6,7)8/h9-29H,1-8H3. The van der Waals surface area contributed by atoms with Gasteiger partial charge in [-0.2, -0.15) is 0 Å². The molecule has 252 valence electrons. The van der Waals surface area contributed by atoms with Gasteiger partial charge in [0, 0.05) is 22.1 Å². The molecule has 1 aliphatic rings. The molecule has 8 rings (SSSR count). The molecule has 5 heteroatoms. The molecule has 1 aliphatic carbocycles. The van der Waals surface area contributed by atoms with Gasteiger partial charge < -0.3 is 0 Å². The minimum absolute atomic E-state index is 0.0354. The van der Waals surface area contributed by atoms with E-state index >= 15 is 0 Å². The first-order chi connectivity index (χ1) is 24.3. The topological polar surface area (TPSA) is 38.7 Å². The second-order valence-corrected chi connectivity index (χ2v) is 26.7. The van der Waals surface area contributed by atoms with Crippen LogP contribution in [0.4, 0.5) is 0 Å². The third-order valence-corrected chi connectivity index (χ3v) is 14.7. The van der Waals surface area contributed by atoms with E-state index in [1.807, 2.05) is 0 Å². The molecule has 0 saturated heterocycles. The molecule has 0 aliphatic heterocycles. The molecular formula is C46H45N3Si2. The Bertz CT molecular complexity index is 2410. The second kappa shape index (κ2) is 12.1. The van der Waals surface area contributed by atoms with Crippen molar-refractivity contribution in [3.05, 3.63) is 139 Å². The number of aromatic nitrogens is 3. The minimum Gasteiger partial charge on any atom is -0.208 e. The molecule has 1 heterocycles. The van der Waals surface area contributed by atoms with Crippen LogP contribution in [-0.4, -0.2) is 31.1 Å². The number of nitrogens with zero attached hydrogens (tertiary/aromatic N) is 3. The molecule has 6 aromatic carbocycles. The number of benzene rings is 6. The van der Waals surface area contributed by atoms with Gasteiger partial charge in [-0.1, -0.05) is 156 Å². The van der Waals surface area contributed by atoms with Crippen LogP contribution in [0.3, 0.4) is 0 Å². The van der Waals surface area contributed by atoms with Gasteiger partial charge in [0.05, 0.1) is 16.1 Å². The zero-order valence-corrected chi connectivity index (χ0v) is 33.0. The van der Waals surface area contributed by atoms with Crippen LogP contribution in [0.5, 0.6) is 0 Å². The highest BCUT2D eigenvalue weighted by Gasteiger charge is 2.35. The largest absolute Gasteiger partial charge is 0.208 e. The molecule has 0 N–H and O–H groups in total. The lowest BCUT2D eigenvalue weighted by atomic mass is 9.82. The lowest BCUT2D eigenvalue weighted by Crippen LogP contribution is -2.39. The van der Waals surface area contributed by atoms with E-state index < -0.39 is 16.1 Å². The van der Waals surface area contributed by atoms with Gasteiger partial charge in [-0.25, -0.2) is 15.0 Å². The first-order valence-electron chi connectivity index (χ1n) is 18.0. The molecule has 7 aromatic rings. The van der Waals surface area contributed by atoms with Gasteiger partial charge in [0.2, 0.25) is 0 Å². The van der Waals surface area contributed by atoms with Crippen molar-refractivity contribution in [2.75, 3.05) is 0 Å². The molecule has 0 bridgehead atoms. The van der Waals surface area contributed by atoms with Crippen LogP contribution in [0.25, 0.3) is 67.2 Å². The Balaban J connectivity index is 1.27. The van der Waals surface area contributed by atoms with E-state index in [4.69, 9.17) is 15.0 Å². The number of fused-ring (bicyclic) bond motifs is 4. The summed E-state index contributed by atoms with van der Waals surface area (Å²) in [5.74, 6) is 2.18. The van der Waals surface area contributed by atoms with Crippen molar-refractivity contribution in [2.45, 2.75) is 58.5 Å². The molecule has 3 nitrogen and oxygen atoms in total. The summed E-state index contributed by atoms with van der Waals surface area (Å²) in [5.41, 5.74) is 11.0. The average Bonchev–Trinajstić information content (AvgIpc) is 3.35. The Morgan fingerprint density at radius 1 is 0.392 bits per heavy atom. The van der Waals surface area contributed by atoms with Crippen molar-refractivity contribution in [3.63, 3.8) is 0 Å². The van der Waals surface area contributed by atoms with Crippen LogP contribution < -0.4 is 10.4 Å². The van der Waals surface area contributed by atoms with Gasteiger partial charge in [0.1, 0.15) is 0 Å². The van der Waals surface area contributed by atoms with Crippen molar-refractivity contribution in [2.24, 2.45) is 0 Å². The van der Waals surface area contributed by atoms with Crippen molar-refractivity contribution in [1.82, 2.24) is 15.0 Å². The van der Waals surface area contributed by atoms with Crippen molar-refractivity contribution >= 4 is 37.3 Å². The molecule has 1 aromatic heterocycles. The molecule has 0 fully saturated rings. The fourth-order valence-corrected chi connectivity index (χ4v) is 11.1. The Labute approximate surface area is 304 Å². The van der Waals surface area contributed by atoms with E-state index in [0.29, 0.717) is 5.82 Å². The van der Waals surface area contributed by atoms with Crippen LogP contribution in [0.15, 0.2) is 127 Å². The van der Waals surface area contributed by atoms with Gasteiger partial charge in [-0.05, 0) is 78.8 Å². The molecule has 0 saturated carbocycles. The van der Waals surface area contributed by atoms with Crippen molar-refractivity contribution in [3.8, 4) is 56.4 Å². The maximum atomic E-state index is 5.24. The SMILES string of the molecule is CC1(C)c2ccccc2-c2cc3ccc(-c4cccc(-c5nc(-c6ccccc6[Si](C)(C)C)nc(-c6ccccc6[Si](C)(C)C)n5)c4)cc3cc21. The van der Waals surface area contributed by atoms with Crippen molar-refractivity contribution in [1.29, 1.82) is 0 Å². The highest BCUT2D eigenvalue weighted by Crippen LogP contribution is 2.50. The Kier molecular flexibility index (Phi) is 7.85. The molecule has 51 heavy (non-hydrogen) atoms. The lowest BCUT2D eigenvalue weighted by Gasteiger charge is -2.22. The number of hydrogen-bond acceptors (Lipinski definition) is 3. The summed E-state index contributed by atoms with van der Waals surface area (Å²) in [5, 5.41) is 5.23. The van der Waals surface area contributed by atoms with Gasteiger partial charge in [-0.15, -0.1) is 0 Å². The van der Waals surface area contributed by atoms with Crippen molar-refractivity contribution < 1.29 is 0 Å². The quantitative estimate of drug-likeness (QED) is 0.163. The van der Waals surface area contributed by atoms with Crippen LogP contribution in [0.2, 0.25) is 39.3 Å². The highest BCUT2D eigenvalue weighted by molar-refractivity contribution is 6.90. The summed E-state index contributed by atoms with van der Waals surface area (Å²) in [6.45, 7) is 19.0. The Morgan fingerprint density at radius 2 is 0.922 bits per heavy atom. The van der Waals surface area contributed by atoms with E-state index in [-0.39, 0.29) is 5.41 Å². The fourth-order valence-electron chi connectivity index (χ4n) is 7.87. The summed E-state index contributed by atoms with van der Waals surface area (Å²) >= 11 is 0. The third kappa shape index (κ3) is 5.88. The maximum absolute atomic E-state index is 5.24. The normalized spacial score (nSPS) is 13.6. The molecular weight excluding hydrogens is 651 g/mol. The summed E-state index contributed by atoms with van der Waals surface area (Å²) < 4.78 is 0. The predicted octanol–water partition coefficient (Wildman–Crippen LogP) is 11.1. The first-order valence-corrected chi connectivity index (χ1v) is 25.0. The fraction of sp³-hybridized carbons (Fsp3) is 0.196. The monoisotopic (exact) mass is 695 g/mol. The zero-order chi connectivity index (χ0) is 35.7. The van der Waals surface area contributed by atoms with E-state index in [0.717, 1.165) is 33.9 Å². The van der Waals surface area contributed by atoms with Gasteiger partial charge >= 0.3 is 0 Å². The average molecular weight is 696 g/mol. The summed E-state index contributed by atoms with van der Waals surface area (Å²) in [4.78, 5) is 15.7. The van der Waals surface area contributed by atoms with Gasteiger partial charge in [0.15, 0.2) is 17.5 Å². The summed E-state index contributed by atoms with van der Waals surface area (Å²) in [6, 6.07) is 46.6. The van der Waals surface area contributed by atoms with Gasteiger partial charge in [-0.3, -0.25) is 0 Å². The minimum atomic E-state index is -1.70. The van der Waals surface area contributed by atoms with Gasteiger partial charge in [0.25, 0.3) is 0 Å². The van der Waals surface area contributed by atoms with E-state index in [1.165, 1.54) is 49.0 Å². The summed E-state index contributed by atoms with van der Waals surface area (Å²) in [6.07, 6.45) is 0. The smallest absolute Gasteiger partial charge is 0.164 e. The van der Waals surface area contributed by atoms with E-state index in [9.17, 15) is 0 Å². The molecule has 0 amide bonds. The predicted molar refractivity (Wildman–Crippen MR) is 223 cm³/mol. The van der Waals surface area contributed by atoms with Crippen LogP contribution in [0, 0.1) is 0 Å². The number of hydrogen-bond donors (Lipinski definition) is 0. The summed E-state index contributed by atoms with van der Waals surface area (Å²) in [7, 11) is -3.40. The molecule has 0 spiro atoms. The molecule has 0 radical (unpaired) electrons. The van der Waals surface area contributed by atoms with Crippen LogP contribution in [0.1, 0.15) is 25.0 Å². The number of rotatable bonds is 6. The van der Waals surface area contributed by atoms with Crippen LogP contribution in [-0.2, 0) is 5.41 Å². The highest BCUT2D eigenvalue weighted by atomic mass is 28.3. The molecule has 0 unspecified atom stereocenters. The maximum Gasteiger partial charge on any atom is 0.164 e. The van der Waals surface area contributed by atoms with E-state index in [1.54, 1.807) is 0 Å². The lowest BCUT2D eigenvalue weighted by molar-refractivity contribution is 0.661. The van der Waals surface area contributed by atoms with E-state index in [2.05, 4.69) is 181 Å². The molecule has 0 atom stereocenters. The Morgan fingerprint density at radius 3 is 1.55 bits per heavy atom. The zero-order valence-electron chi connectivity index (χ0n) is 31.0. The second-order valence-electron chi connectivity index (χ2n) is 16.6. The Hall–Kier alpha value is -4.98. The van der Waals surface area contributed by atoms with Crippen LogP contribution >= 0.6 is 0 Å². The first kappa shape index (κ1) is 33.2. The third-order valence-electron chi connectivity index (χ3n) is 10.6.